The third-order valence-corrected chi connectivity index (χ3v) is 4.52. The van der Waals surface area contributed by atoms with Crippen LogP contribution < -0.4 is 5.32 Å². The summed E-state index contributed by atoms with van der Waals surface area (Å²) in [5, 5.41) is 3.66. The van der Waals surface area contributed by atoms with E-state index in [1.165, 1.54) is 37.8 Å². The first-order chi connectivity index (χ1) is 8.67. The van der Waals surface area contributed by atoms with Crippen LogP contribution in [0, 0.1) is 5.41 Å². The van der Waals surface area contributed by atoms with E-state index in [0.717, 1.165) is 13.1 Å². The van der Waals surface area contributed by atoms with Crippen molar-refractivity contribution in [3.05, 3.63) is 18.2 Å². The van der Waals surface area contributed by atoms with Crippen molar-refractivity contribution in [1.82, 2.24) is 14.9 Å². The van der Waals surface area contributed by atoms with Gasteiger partial charge >= 0.3 is 0 Å². The molecule has 3 heteroatoms. The molecule has 1 aliphatic rings. The van der Waals surface area contributed by atoms with Gasteiger partial charge in [-0.1, -0.05) is 19.8 Å². The van der Waals surface area contributed by atoms with Crippen molar-refractivity contribution in [3.63, 3.8) is 0 Å². The third-order valence-electron chi connectivity index (χ3n) is 4.52. The van der Waals surface area contributed by atoms with Gasteiger partial charge in [0.2, 0.25) is 0 Å². The summed E-state index contributed by atoms with van der Waals surface area (Å²) in [5.41, 5.74) is 1.87. The lowest BCUT2D eigenvalue weighted by atomic mass is 9.83. The van der Waals surface area contributed by atoms with Crippen LogP contribution in [0.25, 0.3) is 0 Å². The molecule has 2 rings (SSSR count). The summed E-state index contributed by atoms with van der Waals surface area (Å²) in [6.45, 7) is 8.85. The number of hydrogen-bond donors (Lipinski definition) is 1. The minimum atomic E-state index is 0.496. The number of nitrogens with zero attached hydrogens (tertiary/aromatic N) is 2. The summed E-state index contributed by atoms with van der Waals surface area (Å²) in [7, 11) is 0. The van der Waals surface area contributed by atoms with Gasteiger partial charge in [-0.3, -0.25) is 0 Å². The zero-order valence-electron chi connectivity index (χ0n) is 12.1. The molecule has 1 aromatic heterocycles. The highest BCUT2D eigenvalue weighted by Crippen LogP contribution is 2.40. The lowest BCUT2D eigenvalue weighted by Gasteiger charge is -2.28. The molecular weight excluding hydrogens is 222 g/mol. The average molecular weight is 249 g/mol. The largest absolute Gasteiger partial charge is 0.331 e. The van der Waals surface area contributed by atoms with Crippen molar-refractivity contribution in [1.29, 1.82) is 0 Å². The molecule has 1 fully saturated rings. The maximum absolute atomic E-state index is 4.25. The van der Waals surface area contributed by atoms with Crippen LogP contribution in [0.3, 0.4) is 0 Å². The van der Waals surface area contributed by atoms with Gasteiger partial charge in [-0.15, -0.1) is 0 Å². The van der Waals surface area contributed by atoms with E-state index in [0.29, 0.717) is 11.5 Å². The van der Waals surface area contributed by atoms with Gasteiger partial charge in [-0.25, -0.2) is 4.98 Å². The molecule has 102 valence electrons. The van der Waals surface area contributed by atoms with Gasteiger partial charge in [-0.05, 0) is 38.5 Å². The fraction of sp³-hybridized carbons (Fsp3) is 0.800. The molecule has 0 aliphatic heterocycles. The Balaban J connectivity index is 1.86. The number of nitrogens with one attached hydrogen (secondary N) is 1. The van der Waals surface area contributed by atoms with Crippen molar-refractivity contribution in [2.24, 2.45) is 5.41 Å². The summed E-state index contributed by atoms with van der Waals surface area (Å²) in [6, 6.07) is 0.496. The average Bonchev–Trinajstić information content (AvgIpc) is 2.98. The molecule has 0 saturated heterocycles. The molecule has 0 aromatic carbocycles. The Hall–Kier alpha value is -0.830. The van der Waals surface area contributed by atoms with Crippen LogP contribution in [0.4, 0.5) is 0 Å². The SMILES string of the molecule is CCC1(CNCc2cncn2C(C)C)CCCC1. The summed E-state index contributed by atoms with van der Waals surface area (Å²) in [6.07, 6.45) is 10.9. The van der Waals surface area contributed by atoms with Gasteiger partial charge in [0.05, 0.1) is 12.0 Å². The fourth-order valence-electron chi connectivity index (χ4n) is 3.17. The lowest BCUT2D eigenvalue weighted by Crippen LogP contribution is -2.31. The second kappa shape index (κ2) is 5.87. The van der Waals surface area contributed by atoms with E-state index in [2.05, 4.69) is 35.6 Å². The minimum absolute atomic E-state index is 0.496. The van der Waals surface area contributed by atoms with Crippen molar-refractivity contribution < 1.29 is 0 Å². The Labute approximate surface area is 111 Å². The Bertz CT molecular complexity index is 362. The molecule has 0 atom stereocenters. The molecule has 1 N–H and O–H groups in total. The first kappa shape index (κ1) is 13.6. The second-order valence-electron chi connectivity index (χ2n) is 6.05. The Morgan fingerprint density at radius 2 is 2.11 bits per heavy atom. The molecule has 1 heterocycles. The van der Waals surface area contributed by atoms with Crippen LogP contribution in [0.5, 0.6) is 0 Å². The molecule has 18 heavy (non-hydrogen) atoms. The number of imidazole rings is 1. The van der Waals surface area contributed by atoms with Gasteiger partial charge in [0.1, 0.15) is 0 Å². The zero-order valence-corrected chi connectivity index (χ0v) is 12.1. The monoisotopic (exact) mass is 249 g/mol. The van der Waals surface area contributed by atoms with E-state index in [9.17, 15) is 0 Å². The minimum Gasteiger partial charge on any atom is -0.331 e. The predicted molar refractivity (Wildman–Crippen MR) is 75.5 cm³/mol. The first-order valence-corrected chi connectivity index (χ1v) is 7.38. The highest BCUT2D eigenvalue weighted by Gasteiger charge is 2.31. The van der Waals surface area contributed by atoms with E-state index >= 15 is 0 Å². The van der Waals surface area contributed by atoms with Crippen LogP contribution in [-0.4, -0.2) is 16.1 Å². The van der Waals surface area contributed by atoms with E-state index < -0.39 is 0 Å². The lowest BCUT2D eigenvalue weighted by molar-refractivity contribution is 0.267. The first-order valence-electron chi connectivity index (χ1n) is 7.38. The number of aromatic nitrogens is 2. The number of hydrogen-bond acceptors (Lipinski definition) is 2. The van der Waals surface area contributed by atoms with Gasteiger partial charge in [0.15, 0.2) is 0 Å². The summed E-state index contributed by atoms with van der Waals surface area (Å²) >= 11 is 0. The molecule has 1 saturated carbocycles. The fourth-order valence-corrected chi connectivity index (χ4v) is 3.17. The molecule has 1 aromatic rings. The van der Waals surface area contributed by atoms with Crippen molar-refractivity contribution in [3.8, 4) is 0 Å². The van der Waals surface area contributed by atoms with Gasteiger partial charge in [0, 0.05) is 25.3 Å². The Morgan fingerprint density at radius 3 is 2.72 bits per heavy atom. The predicted octanol–water partition coefficient (Wildman–Crippen LogP) is 3.52. The standard InChI is InChI=1S/C15H27N3/c1-4-15(7-5-6-8-15)11-16-9-14-10-17-12-18(14)13(2)3/h10,12-13,16H,4-9,11H2,1-3H3. The van der Waals surface area contributed by atoms with Crippen LogP contribution in [0.2, 0.25) is 0 Å². The molecule has 0 bridgehead atoms. The van der Waals surface area contributed by atoms with Crippen molar-refractivity contribution >= 4 is 0 Å². The van der Waals surface area contributed by atoms with E-state index in [-0.39, 0.29) is 0 Å². The van der Waals surface area contributed by atoms with Gasteiger partial charge < -0.3 is 9.88 Å². The van der Waals surface area contributed by atoms with Crippen LogP contribution in [-0.2, 0) is 6.54 Å². The molecular formula is C15H27N3. The Kier molecular flexibility index (Phi) is 4.44. The summed E-state index contributed by atoms with van der Waals surface area (Å²) in [4.78, 5) is 4.25. The maximum atomic E-state index is 4.25. The van der Waals surface area contributed by atoms with E-state index in [4.69, 9.17) is 0 Å². The maximum Gasteiger partial charge on any atom is 0.0951 e. The third kappa shape index (κ3) is 2.94. The molecule has 0 unspecified atom stereocenters. The molecule has 3 nitrogen and oxygen atoms in total. The van der Waals surface area contributed by atoms with Crippen LogP contribution in [0.15, 0.2) is 12.5 Å². The molecule has 1 aliphatic carbocycles. The topological polar surface area (TPSA) is 29.9 Å². The quantitative estimate of drug-likeness (QED) is 0.836. The number of rotatable bonds is 6. The smallest absolute Gasteiger partial charge is 0.0951 e. The molecule has 0 radical (unpaired) electrons. The molecule has 0 amide bonds. The normalized spacial score (nSPS) is 18.7. The zero-order chi connectivity index (χ0) is 13.0. The second-order valence-corrected chi connectivity index (χ2v) is 6.05. The summed E-state index contributed by atoms with van der Waals surface area (Å²) < 4.78 is 2.25. The molecule has 0 spiro atoms. The summed E-state index contributed by atoms with van der Waals surface area (Å²) in [5.74, 6) is 0. The van der Waals surface area contributed by atoms with E-state index in [1.807, 2.05) is 12.5 Å². The van der Waals surface area contributed by atoms with Crippen molar-refractivity contribution in [2.75, 3.05) is 6.54 Å². The van der Waals surface area contributed by atoms with E-state index in [1.54, 1.807) is 0 Å². The van der Waals surface area contributed by atoms with Gasteiger partial charge in [-0.2, -0.15) is 0 Å². The van der Waals surface area contributed by atoms with Gasteiger partial charge in [0.25, 0.3) is 0 Å². The van der Waals surface area contributed by atoms with Crippen LogP contribution in [0.1, 0.15) is 64.6 Å². The Morgan fingerprint density at radius 1 is 1.39 bits per heavy atom. The highest BCUT2D eigenvalue weighted by molar-refractivity contribution is 5.00. The van der Waals surface area contributed by atoms with Crippen LogP contribution >= 0.6 is 0 Å². The highest BCUT2D eigenvalue weighted by atomic mass is 15.1. The van der Waals surface area contributed by atoms with Crippen molar-refractivity contribution in [2.45, 2.75) is 65.5 Å².